The van der Waals surface area contributed by atoms with Crippen LogP contribution in [-0.4, -0.2) is 13.0 Å². The number of carbonyl (C=O) groups is 1. The van der Waals surface area contributed by atoms with Crippen LogP contribution in [0.25, 0.3) is 0 Å². The Bertz CT molecular complexity index is 414. The molecule has 1 amide bonds. The van der Waals surface area contributed by atoms with Gasteiger partial charge in [0.15, 0.2) is 0 Å². The molecule has 3 heteroatoms. The lowest BCUT2D eigenvalue weighted by Crippen LogP contribution is -2.24. The average Bonchev–Trinajstić information content (AvgIpc) is 2.51. The molecule has 0 saturated heterocycles. The summed E-state index contributed by atoms with van der Waals surface area (Å²) >= 11 is 0. The van der Waals surface area contributed by atoms with E-state index in [1.165, 1.54) is 0 Å². The highest BCUT2D eigenvalue weighted by molar-refractivity contribution is 6.07. The number of likely N-dealkylation sites (N-methyl/N-ethyl adjacent to an activating group) is 1. The van der Waals surface area contributed by atoms with E-state index in [0.29, 0.717) is 5.69 Å². The van der Waals surface area contributed by atoms with E-state index in [0.717, 1.165) is 30.5 Å². The van der Waals surface area contributed by atoms with Gasteiger partial charge in [-0.25, -0.2) is 0 Å². The van der Waals surface area contributed by atoms with Gasteiger partial charge in [-0.3, -0.25) is 4.79 Å². The van der Waals surface area contributed by atoms with Crippen molar-refractivity contribution in [1.82, 2.24) is 0 Å². The van der Waals surface area contributed by atoms with Gasteiger partial charge in [0.25, 0.3) is 0 Å². The number of fused-ring (bicyclic) bond motifs is 1. The van der Waals surface area contributed by atoms with Gasteiger partial charge in [0.1, 0.15) is 0 Å². The molecule has 86 valence electrons. The molecular weight excluding hydrogens is 200 g/mol. The van der Waals surface area contributed by atoms with E-state index >= 15 is 0 Å². The SMILES string of the molecule is CCCCC1C(=O)N(C)c2c(N)cccc21. The first-order chi connectivity index (χ1) is 7.66. The first-order valence-electron chi connectivity index (χ1n) is 5.82. The molecule has 16 heavy (non-hydrogen) atoms. The van der Waals surface area contributed by atoms with E-state index in [4.69, 9.17) is 5.73 Å². The third kappa shape index (κ3) is 1.56. The maximum Gasteiger partial charge on any atom is 0.234 e. The Kier molecular flexibility index (Phi) is 2.86. The highest BCUT2D eigenvalue weighted by Crippen LogP contribution is 2.42. The molecule has 1 atom stereocenters. The second-order valence-corrected chi connectivity index (χ2v) is 4.38. The number of amides is 1. The molecule has 2 rings (SSSR count). The third-order valence-corrected chi connectivity index (χ3v) is 3.28. The zero-order valence-corrected chi connectivity index (χ0v) is 9.86. The largest absolute Gasteiger partial charge is 0.397 e. The van der Waals surface area contributed by atoms with Gasteiger partial charge in [0.2, 0.25) is 5.91 Å². The van der Waals surface area contributed by atoms with Gasteiger partial charge in [-0.1, -0.05) is 31.9 Å². The van der Waals surface area contributed by atoms with E-state index in [1.807, 2.05) is 25.2 Å². The van der Waals surface area contributed by atoms with Gasteiger partial charge >= 0.3 is 0 Å². The van der Waals surface area contributed by atoms with Crippen LogP contribution in [0.5, 0.6) is 0 Å². The van der Waals surface area contributed by atoms with Crippen molar-refractivity contribution in [3.05, 3.63) is 23.8 Å². The standard InChI is InChI=1S/C13H18N2O/c1-3-4-6-10-9-7-5-8-11(14)12(9)15(2)13(10)16/h5,7-8,10H,3-4,6,14H2,1-2H3. The number of rotatable bonds is 3. The number of hydrogen-bond acceptors (Lipinski definition) is 2. The van der Waals surface area contributed by atoms with E-state index in [-0.39, 0.29) is 11.8 Å². The lowest BCUT2D eigenvalue weighted by atomic mass is 9.95. The Labute approximate surface area is 96.2 Å². The lowest BCUT2D eigenvalue weighted by molar-refractivity contribution is -0.119. The second-order valence-electron chi connectivity index (χ2n) is 4.38. The molecule has 1 aromatic carbocycles. The minimum absolute atomic E-state index is 0.0171. The molecule has 3 nitrogen and oxygen atoms in total. The number of para-hydroxylation sites is 1. The monoisotopic (exact) mass is 218 g/mol. The molecule has 0 aliphatic carbocycles. The van der Waals surface area contributed by atoms with Crippen molar-refractivity contribution < 1.29 is 4.79 Å². The van der Waals surface area contributed by atoms with Crippen LogP contribution >= 0.6 is 0 Å². The summed E-state index contributed by atoms with van der Waals surface area (Å²) in [4.78, 5) is 13.8. The molecule has 2 N–H and O–H groups in total. The fraction of sp³-hybridized carbons (Fsp3) is 0.462. The maximum atomic E-state index is 12.1. The highest BCUT2D eigenvalue weighted by atomic mass is 16.2. The number of carbonyl (C=O) groups excluding carboxylic acids is 1. The maximum absolute atomic E-state index is 12.1. The molecule has 0 fully saturated rings. The predicted molar refractivity (Wildman–Crippen MR) is 66.5 cm³/mol. The molecular formula is C13H18N2O. The summed E-state index contributed by atoms with van der Waals surface area (Å²) in [6.07, 6.45) is 3.12. The Morgan fingerprint density at radius 1 is 1.44 bits per heavy atom. The Hall–Kier alpha value is -1.51. The summed E-state index contributed by atoms with van der Waals surface area (Å²) in [5, 5.41) is 0. The lowest BCUT2D eigenvalue weighted by Gasteiger charge is -2.12. The van der Waals surface area contributed by atoms with Crippen LogP contribution in [0.4, 0.5) is 11.4 Å². The quantitative estimate of drug-likeness (QED) is 0.792. The van der Waals surface area contributed by atoms with Crippen molar-refractivity contribution in [3.8, 4) is 0 Å². The van der Waals surface area contributed by atoms with Crippen LogP contribution in [0, 0.1) is 0 Å². The average molecular weight is 218 g/mol. The Morgan fingerprint density at radius 3 is 2.88 bits per heavy atom. The molecule has 0 saturated carbocycles. The second kappa shape index (κ2) is 4.16. The summed E-state index contributed by atoms with van der Waals surface area (Å²) in [6.45, 7) is 2.14. The fourth-order valence-corrected chi connectivity index (χ4v) is 2.41. The zero-order valence-electron chi connectivity index (χ0n) is 9.86. The molecule has 1 aliphatic rings. The topological polar surface area (TPSA) is 46.3 Å². The fourth-order valence-electron chi connectivity index (χ4n) is 2.41. The number of hydrogen-bond donors (Lipinski definition) is 1. The number of nitrogen functional groups attached to an aromatic ring is 1. The number of nitrogens with two attached hydrogens (primary N) is 1. The summed E-state index contributed by atoms with van der Waals surface area (Å²) in [5.41, 5.74) is 8.63. The minimum atomic E-state index is 0.0171. The zero-order chi connectivity index (χ0) is 11.7. The van der Waals surface area contributed by atoms with Crippen LogP contribution in [-0.2, 0) is 4.79 Å². The molecule has 1 unspecified atom stereocenters. The van der Waals surface area contributed by atoms with Crippen molar-refractivity contribution in [2.45, 2.75) is 32.1 Å². The number of anilines is 2. The smallest absolute Gasteiger partial charge is 0.234 e. The van der Waals surface area contributed by atoms with Crippen LogP contribution in [0.15, 0.2) is 18.2 Å². The third-order valence-electron chi connectivity index (χ3n) is 3.28. The number of nitrogens with zero attached hydrogens (tertiary/aromatic N) is 1. The van der Waals surface area contributed by atoms with E-state index < -0.39 is 0 Å². The summed E-state index contributed by atoms with van der Waals surface area (Å²) in [6, 6.07) is 5.80. The van der Waals surface area contributed by atoms with Gasteiger partial charge in [0.05, 0.1) is 17.3 Å². The normalized spacial score (nSPS) is 19.0. The Balaban J connectivity index is 2.38. The summed E-state index contributed by atoms with van der Waals surface area (Å²) < 4.78 is 0. The predicted octanol–water partition coefficient (Wildman–Crippen LogP) is 2.52. The summed E-state index contributed by atoms with van der Waals surface area (Å²) in [7, 11) is 1.81. The van der Waals surface area contributed by atoms with Gasteiger partial charge < -0.3 is 10.6 Å². The number of unbranched alkanes of at least 4 members (excludes halogenated alkanes) is 1. The van der Waals surface area contributed by atoms with Crippen molar-refractivity contribution in [3.63, 3.8) is 0 Å². The molecule has 0 aromatic heterocycles. The van der Waals surface area contributed by atoms with Crippen molar-refractivity contribution in [2.24, 2.45) is 0 Å². The van der Waals surface area contributed by atoms with Gasteiger partial charge in [-0.2, -0.15) is 0 Å². The van der Waals surface area contributed by atoms with E-state index in [2.05, 4.69) is 6.92 Å². The molecule has 1 aromatic rings. The molecule has 1 heterocycles. The minimum Gasteiger partial charge on any atom is -0.397 e. The van der Waals surface area contributed by atoms with E-state index in [9.17, 15) is 4.79 Å². The van der Waals surface area contributed by atoms with Crippen LogP contribution in [0.1, 0.15) is 37.7 Å². The number of benzene rings is 1. The van der Waals surface area contributed by atoms with E-state index in [1.54, 1.807) is 4.90 Å². The van der Waals surface area contributed by atoms with Crippen molar-refractivity contribution in [1.29, 1.82) is 0 Å². The highest BCUT2D eigenvalue weighted by Gasteiger charge is 2.35. The first kappa shape index (κ1) is 11.0. The van der Waals surface area contributed by atoms with Crippen molar-refractivity contribution in [2.75, 3.05) is 17.7 Å². The first-order valence-corrected chi connectivity index (χ1v) is 5.82. The van der Waals surface area contributed by atoms with Crippen molar-refractivity contribution >= 4 is 17.3 Å². The van der Waals surface area contributed by atoms with Gasteiger partial charge in [-0.15, -0.1) is 0 Å². The van der Waals surface area contributed by atoms with Crippen LogP contribution in [0.3, 0.4) is 0 Å². The summed E-state index contributed by atoms with van der Waals surface area (Å²) in [5.74, 6) is 0.199. The van der Waals surface area contributed by atoms with Crippen LogP contribution in [0.2, 0.25) is 0 Å². The molecule has 0 spiro atoms. The van der Waals surface area contributed by atoms with Gasteiger partial charge in [0, 0.05) is 7.05 Å². The molecule has 0 bridgehead atoms. The van der Waals surface area contributed by atoms with Crippen LogP contribution < -0.4 is 10.6 Å². The molecule has 1 aliphatic heterocycles. The van der Waals surface area contributed by atoms with Gasteiger partial charge in [-0.05, 0) is 18.1 Å². The Morgan fingerprint density at radius 2 is 2.19 bits per heavy atom. The molecule has 0 radical (unpaired) electrons.